The number of rotatable bonds is 8. The molecule has 0 unspecified atom stereocenters. The largest absolute Gasteiger partial charge is 0.333 e. The van der Waals surface area contributed by atoms with Crippen molar-refractivity contribution in [1.29, 1.82) is 0 Å². The Hall–Kier alpha value is -0.260. The van der Waals surface area contributed by atoms with Crippen molar-refractivity contribution in [3.63, 3.8) is 0 Å². The first kappa shape index (κ1) is 21.7. The highest BCUT2D eigenvalue weighted by molar-refractivity contribution is 7.84. The SMILES string of the molecule is CCCCCCNS(=O)(=O)O.O=S(=O)(O)NC1CCCCC1. The maximum absolute atomic E-state index is 10.3. The lowest BCUT2D eigenvalue weighted by atomic mass is 9.96. The van der Waals surface area contributed by atoms with Crippen LogP contribution in [0.25, 0.3) is 0 Å². The summed E-state index contributed by atoms with van der Waals surface area (Å²) in [5.41, 5.74) is 0. The van der Waals surface area contributed by atoms with Crippen LogP contribution in [-0.2, 0) is 20.6 Å². The summed E-state index contributed by atoms with van der Waals surface area (Å²) in [7, 11) is -7.94. The van der Waals surface area contributed by atoms with Gasteiger partial charge in [0.05, 0.1) is 0 Å². The maximum Gasteiger partial charge on any atom is 0.333 e. The van der Waals surface area contributed by atoms with Crippen LogP contribution in [-0.4, -0.2) is 38.5 Å². The molecular formula is C12H28N2O6S2. The van der Waals surface area contributed by atoms with Crippen LogP contribution in [0.5, 0.6) is 0 Å². The Balaban J connectivity index is 0.000000401. The van der Waals surface area contributed by atoms with Crippen LogP contribution in [0.2, 0.25) is 0 Å². The third kappa shape index (κ3) is 16.1. The van der Waals surface area contributed by atoms with Crippen LogP contribution >= 0.6 is 0 Å². The summed E-state index contributed by atoms with van der Waals surface area (Å²) in [4.78, 5) is 0. The second-order valence-corrected chi connectivity index (χ2v) is 7.78. The molecule has 0 aliphatic heterocycles. The van der Waals surface area contributed by atoms with Gasteiger partial charge in [-0.1, -0.05) is 45.4 Å². The highest BCUT2D eigenvalue weighted by atomic mass is 32.2. The fourth-order valence-corrected chi connectivity index (χ4v) is 3.24. The fourth-order valence-electron chi connectivity index (χ4n) is 2.18. The van der Waals surface area contributed by atoms with Gasteiger partial charge >= 0.3 is 20.6 Å². The smallest absolute Gasteiger partial charge is 0.273 e. The van der Waals surface area contributed by atoms with Crippen LogP contribution in [0.1, 0.15) is 64.7 Å². The van der Waals surface area contributed by atoms with E-state index in [0.717, 1.165) is 51.4 Å². The van der Waals surface area contributed by atoms with E-state index in [1.165, 1.54) is 6.42 Å². The zero-order valence-corrected chi connectivity index (χ0v) is 14.6. The first-order valence-electron chi connectivity index (χ1n) is 7.61. The molecule has 0 saturated heterocycles. The van der Waals surface area contributed by atoms with Gasteiger partial charge in [-0.15, -0.1) is 0 Å². The summed E-state index contributed by atoms with van der Waals surface area (Å²) in [5.74, 6) is 0. The van der Waals surface area contributed by atoms with Crippen molar-refractivity contribution in [2.75, 3.05) is 6.54 Å². The van der Waals surface area contributed by atoms with E-state index in [-0.39, 0.29) is 6.04 Å². The molecule has 1 fully saturated rings. The molecule has 0 aromatic rings. The molecule has 0 amide bonds. The van der Waals surface area contributed by atoms with E-state index < -0.39 is 20.6 Å². The molecule has 0 atom stereocenters. The zero-order valence-electron chi connectivity index (χ0n) is 13.0. The van der Waals surface area contributed by atoms with Crippen molar-refractivity contribution in [2.24, 2.45) is 0 Å². The Morgan fingerprint density at radius 3 is 1.95 bits per heavy atom. The van der Waals surface area contributed by atoms with E-state index in [2.05, 4.69) is 11.6 Å². The molecule has 4 N–H and O–H groups in total. The molecule has 1 aliphatic carbocycles. The summed E-state index contributed by atoms with van der Waals surface area (Å²) in [5, 5.41) is 0. The van der Waals surface area contributed by atoms with Crippen molar-refractivity contribution >= 4 is 20.6 Å². The van der Waals surface area contributed by atoms with E-state index >= 15 is 0 Å². The highest BCUT2D eigenvalue weighted by Gasteiger charge is 2.17. The van der Waals surface area contributed by atoms with Gasteiger partial charge in [0.25, 0.3) is 0 Å². The third-order valence-electron chi connectivity index (χ3n) is 3.24. The summed E-state index contributed by atoms with van der Waals surface area (Å²) in [6, 6.07) is -0.0428. The van der Waals surface area contributed by atoms with Crippen molar-refractivity contribution < 1.29 is 25.9 Å². The lowest BCUT2D eigenvalue weighted by Gasteiger charge is -2.20. The molecule has 134 valence electrons. The molecule has 1 aliphatic rings. The Labute approximate surface area is 133 Å². The molecule has 8 nitrogen and oxygen atoms in total. The molecule has 0 aromatic heterocycles. The summed E-state index contributed by atoms with van der Waals surface area (Å²) >= 11 is 0. The summed E-state index contributed by atoms with van der Waals surface area (Å²) in [6.07, 6.45) is 8.97. The van der Waals surface area contributed by atoms with E-state index in [4.69, 9.17) is 9.11 Å². The van der Waals surface area contributed by atoms with Gasteiger partial charge in [0, 0.05) is 12.6 Å². The second kappa shape index (κ2) is 11.3. The van der Waals surface area contributed by atoms with Gasteiger partial charge in [-0.2, -0.15) is 26.3 Å². The Morgan fingerprint density at radius 2 is 1.50 bits per heavy atom. The third-order valence-corrected chi connectivity index (χ3v) is 4.44. The minimum atomic E-state index is -3.97. The number of nitrogens with one attached hydrogen (secondary N) is 2. The molecule has 1 rings (SSSR count). The molecule has 0 aromatic carbocycles. The lowest BCUT2D eigenvalue weighted by Crippen LogP contribution is -2.35. The molecule has 10 heteroatoms. The topological polar surface area (TPSA) is 133 Å². The van der Waals surface area contributed by atoms with Crippen LogP contribution in [0, 0.1) is 0 Å². The minimum Gasteiger partial charge on any atom is -0.273 e. The van der Waals surface area contributed by atoms with Gasteiger partial charge < -0.3 is 0 Å². The fraction of sp³-hybridized carbons (Fsp3) is 1.00. The van der Waals surface area contributed by atoms with Crippen LogP contribution < -0.4 is 9.44 Å². The molecule has 0 spiro atoms. The molecule has 1 saturated carbocycles. The maximum atomic E-state index is 10.3. The van der Waals surface area contributed by atoms with E-state index in [9.17, 15) is 16.8 Å². The van der Waals surface area contributed by atoms with Crippen molar-refractivity contribution in [3.8, 4) is 0 Å². The Bertz CT molecular complexity index is 472. The van der Waals surface area contributed by atoms with Crippen LogP contribution in [0.15, 0.2) is 0 Å². The van der Waals surface area contributed by atoms with Gasteiger partial charge in [0.2, 0.25) is 0 Å². The molecule has 22 heavy (non-hydrogen) atoms. The minimum absolute atomic E-state index is 0.0428. The predicted molar refractivity (Wildman–Crippen MR) is 85.3 cm³/mol. The first-order valence-corrected chi connectivity index (χ1v) is 10.5. The molecule has 0 heterocycles. The van der Waals surface area contributed by atoms with Gasteiger partial charge in [0.1, 0.15) is 0 Å². The average molecular weight is 360 g/mol. The average Bonchev–Trinajstić information content (AvgIpc) is 2.37. The molecule has 0 radical (unpaired) electrons. The van der Waals surface area contributed by atoms with Crippen molar-refractivity contribution in [2.45, 2.75) is 70.8 Å². The second-order valence-electron chi connectivity index (χ2n) is 5.36. The van der Waals surface area contributed by atoms with Crippen LogP contribution in [0.4, 0.5) is 0 Å². The Morgan fingerprint density at radius 1 is 0.909 bits per heavy atom. The van der Waals surface area contributed by atoms with E-state index in [0.29, 0.717) is 6.54 Å². The van der Waals surface area contributed by atoms with Crippen LogP contribution in [0.3, 0.4) is 0 Å². The summed E-state index contributed by atoms with van der Waals surface area (Å²) < 4.78 is 61.8. The van der Waals surface area contributed by atoms with Gasteiger partial charge in [-0.3, -0.25) is 9.11 Å². The Kier molecular flexibility index (Phi) is 11.2. The summed E-state index contributed by atoms with van der Waals surface area (Å²) in [6.45, 7) is 2.41. The monoisotopic (exact) mass is 360 g/mol. The highest BCUT2D eigenvalue weighted by Crippen LogP contribution is 2.17. The standard InChI is InChI=1S/C6H13NO3S.C6H15NO3S/c8-11(9,10)7-6-4-2-1-3-5-6;1-2-3-4-5-6-7-11(8,9)10/h6-7H,1-5H2,(H,8,9,10);7H,2-6H2,1H3,(H,8,9,10). The number of unbranched alkanes of at least 4 members (excludes halogenated alkanes) is 3. The number of hydrogen-bond donors (Lipinski definition) is 4. The molecule has 0 bridgehead atoms. The quantitative estimate of drug-likeness (QED) is 0.384. The lowest BCUT2D eigenvalue weighted by molar-refractivity contribution is 0.389. The van der Waals surface area contributed by atoms with Gasteiger partial charge in [-0.05, 0) is 19.3 Å². The van der Waals surface area contributed by atoms with Crippen molar-refractivity contribution in [3.05, 3.63) is 0 Å². The van der Waals surface area contributed by atoms with Gasteiger partial charge in [0.15, 0.2) is 0 Å². The van der Waals surface area contributed by atoms with Crippen molar-refractivity contribution in [1.82, 2.24) is 9.44 Å². The predicted octanol–water partition coefficient (Wildman–Crippen LogP) is 1.67. The molecular weight excluding hydrogens is 332 g/mol. The zero-order chi connectivity index (χ0) is 17.1. The van der Waals surface area contributed by atoms with Gasteiger partial charge in [-0.25, -0.2) is 0 Å². The first-order chi connectivity index (χ1) is 10.1. The normalized spacial score (nSPS) is 16.9. The van der Waals surface area contributed by atoms with E-state index in [1.54, 1.807) is 0 Å². The number of hydrogen-bond acceptors (Lipinski definition) is 4. The van der Waals surface area contributed by atoms with E-state index in [1.807, 2.05) is 4.72 Å².